The number of hydrogen-bond acceptors (Lipinski definition) is 5. The SMILES string of the molecule is O=C(Cn1c(O)c(C2=c3ccccc3=NC2=O)sc1=O)Nc1ccc(F)c(Cl)c1. The molecule has 0 aliphatic carbocycles. The Morgan fingerprint density at radius 3 is 2.76 bits per heavy atom. The van der Waals surface area contributed by atoms with Crippen LogP contribution >= 0.6 is 22.9 Å². The van der Waals surface area contributed by atoms with Crippen LogP contribution in [0.5, 0.6) is 5.88 Å². The van der Waals surface area contributed by atoms with Gasteiger partial charge in [0.2, 0.25) is 11.8 Å². The molecule has 2 heterocycles. The molecule has 0 fully saturated rings. The molecule has 29 heavy (non-hydrogen) atoms. The van der Waals surface area contributed by atoms with Crippen LogP contribution in [0.3, 0.4) is 0 Å². The molecule has 0 atom stereocenters. The van der Waals surface area contributed by atoms with Crippen LogP contribution in [0, 0.1) is 5.82 Å². The highest BCUT2D eigenvalue weighted by Gasteiger charge is 2.26. The number of carbonyl (C=O) groups is 2. The molecule has 4 rings (SSSR count). The third-order valence-corrected chi connectivity index (χ3v) is 5.49. The Bertz CT molecular complexity index is 1360. The second kappa shape index (κ2) is 7.26. The average Bonchev–Trinajstić information content (AvgIpc) is 3.14. The van der Waals surface area contributed by atoms with Crippen molar-refractivity contribution < 1.29 is 19.1 Å². The second-order valence-corrected chi connectivity index (χ2v) is 7.46. The maximum Gasteiger partial charge on any atom is 0.311 e. The van der Waals surface area contributed by atoms with Gasteiger partial charge in [-0.3, -0.25) is 19.0 Å². The predicted molar refractivity (Wildman–Crippen MR) is 105 cm³/mol. The molecule has 1 aliphatic heterocycles. The lowest BCUT2D eigenvalue weighted by molar-refractivity contribution is -0.117. The van der Waals surface area contributed by atoms with E-state index in [9.17, 15) is 23.9 Å². The van der Waals surface area contributed by atoms with E-state index in [2.05, 4.69) is 10.3 Å². The number of para-hydroxylation sites is 1. The molecule has 7 nitrogen and oxygen atoms in total. The van der Waals surface area contributed by atoms with E-state index in [1.807, 2.05) is 0 Å². The number of carbonyl (C=O) groups excluding carboxylic acids is 2. The van der Waals surface area contributed by atoms with Crippen LogP contribution in [-0.4, -0.2) is 21.5 Å². The molecule has 0 saturated heterocycles. The molecule has 2 N–H and O–H groups in total. The molecule has 0 spiro atoms. The molecule has 3 aromatic rings. The number of aromatic hydroxyl groups is 1. The van der Waals surface area contributed by atoms with Crippen molar-refractivity contribution in [3.05, 3.63) is 78.4 Å². The molecule has 0 radical (unpaired) electrons. The van der Waals surface area contributed by atoms with E-state index in [1.165, 1.54) is 12.1 Å². The Morgan fingerprint density at radius 1 is 1.24 bits per heavy atom. The van der Waals surface area contributed by atoms with E-state index in [0.29, 0.717) is 21.9 Å². The van der Waals surface area contributed by atoms with Gasteiger partial charge in [-0.15, -0.1) is 0 Å². The summed E-state index contributed by atoms with van der Waals surface area (Å²) < 4.78 is 14.1. The maximum atomic E-state index is 13.2. The number of halogens is 2. The van der Waals surface area contributed by atoms with Gasteiger partial charge >= 0.3 is 4.87 Å². The molecule has 1 aliphatic rings. The van der Waals surface area contributed by atoms with Crippen LogP contribution in [0.4, 0.5) is 10.1 Å². The molecular formula is C19H11ClFN3O4S. The minimum absolute atomic E-state index is 0.0475. The van der Waals surface area contributed by atoms with Crippen molar-refractivity contribution in [3.8, 4) is 5.88 Å². The second-order valence-electron chi connectivity index (χ2n) is 6.09. The summed E-state index contributed by atoms with van der Waals surface area (Å²) in [7, 11) is 0. The van der Waals surface area contributed by atoms with Gasteiger partial charge in [0, 0.05) is 10.9 Å². The predicted octanol–water partition coefficient (Wildman–Crippen LogP) is 1.41. The highest BCUT2D eigenvalue weighted by atomic mass is 35.5. The Balaban J connectivity index is 1.66. The van der Waals surface area contributed by atoms with E-state index < -0.39 is 34.9 Å². The van der Waals surface area contributed by atoms with Crippen LogP contribution in [0.25, 0.3) is 5.57 Å². The number of thiazole rings is 1. The average molecular weight is 432 g/mol. The van der Waals surface area contributed by atoms with Crippen molar-refractivity contribution in [3.63, 3.8) is 0 Å². The number of anilines is 1. The van der Waals surface area contributed by atoms with Gasteiger partial charge in [-0.25, -0.2) is 9.38 Å². The topological polar surface area (TPSA) is 101 Å². The molecule has 2 aromatic carbocycles. The van der Waals surface area contributed by atoms with Crippen molar-refractivity contribution in [1.82, 2.24) is 4.57 Å². The van der Waals surface area contributed by atoms with Gasteiger partial charge < -0.3 is 10.4 Å². The fourth-order valence-electron chi connectivity index (χ4n) is 2.90. The first-order valence-corrected chi connectivity index (χ1v) is 9.45. The monoisotopic (exact) mass is 431 g/mol. The van der Waals surface area contributed by atoms with Crippen LogP contribution in [0.2, 0.25) is 5.02 Å². The third-order valence-electron chi connectivity index (χ3n) is 4.21. The lowest BCUT2D eigenvalue weighted by Crippen LogP contribution is -2.24. The molecule has 0 bridgehead atoms. The molecule has 2 amide bonds. The number of fused-ring (bicyclic) bond motifs is 1. The summed E-state index contributed by atoms with van der Waals surface area (Å²) in [6.45, 7) is -0.504. The lowest BCUT2D eigenvalue weighted by atomic mass is 10.1. The van der Waals surface area contributed by atoms with E-state index in [-0.39, 0.29) is 21.2 Å². The van der Waals surface area contributed by atoms with Crippen LogP contribution < -0.4 is 20.8 Å². The van der Waals surface area contributed by atoms with Gasteiger partial charge in [0.25, 0.3) is 5.91 Å². The van der Waals surface area contributed by atoms with E-state index in [1.54, 1.807) is 24.3 Å². The van der Waals surface area contributed by atoms with Gasteiger partial charge in [0.15, 0.2) is 0 Å². The van der Waals surface area contributed by atoms with Crippen LogP contribution in [-0.2, 0) is 16.1 Å². The van der Waals surface area contributed by atoms with Crippen molar-refractivity contribution >= 4 is 46.0 Å². The standard InChI is InChI=1S/C19H11ClFN3O4S/c20-11-7-9(5-6-12(11)21)22-14(25)8-24-18(27)16(29-19(24)28)15-10-3-1-2-4-13(10)23-17(15)26/h1-7,27H,8H2,(H,22,25). The van der Waals surface area contributed by atoms with Crippen molar-refractivity contribution in [2.75, 3.05) is 5.32 Å². The summed E-state index contributed by atoms with van der Waals surface area (Å²) in [5.41, 5.74) is 0.349. The summed E-state index contributed by atoms with van der Waals surface area (Å²) in [6, 6.07) is 10.4. The summed E-state index contributed by atoms with van der Waals surface area (Å²) >= 11 is 6.32. The Morgan fingerprint density at radius 2 is 2.00 bits per heavy atom. The van der Waals surface area contributed by atoms with E-state index >= 15 is 0 Å². The number of amides is 2. The van der Waals surface area contributed by atoms with Gasteiger partial charge in [-0.05, 0) is 24.3 Å². The lowest BCUT2D eigenvalue weighted by Gasteiger charge is -2.07. The van der Waals surface area contributed by atoms with Crippen LogP contribution in [0.15, 0.2) is 52.3 Å². The Labute approximate surface area is 171 Å². The number of hydrogen-bond donors (Lipinski definition) is 2. The first-order chi connectivity index (χ1) is 13.8. The summed E-state index contributed by atoms with van der Waals surface area (Å²) in [4.78, 5) is 40.2. The van der Waals surface area contributed by atoms with Crippen molar-refractivity contribution in [1.29, 1.82) is 0 Å². The summed E-state index contributed by atoms with van der Waals surface area (Å²) in [5.74, 6) is -2.34. The number of aromatic nitrogens is 1. The molecule has 146 valence electrons. The van der Waals surface area contributed by atoms with Gasteiger partial charge in [-0.1, -0.05) is 41.1 Å². The Hall–Kier alpha value is -3.30. The third kappa shape index (κ3) is 3.45. The summed E-state index contributed by atoms with van der Waals surface area (Å²) in [5, 5.41) is 13.8. The van der Waals surface area contributed by atoms with Gasteiger partial charge in [0.1, 0.15) is 17.2 Å². The highest BCUT2D eigenvalue weighted by Crippen LogP contribution is 2.28. The van der Waals surface area contributed by atoms with E-state index in [0.717, 1.165) is 10.6 Å². The van der Waals surface area contributed by atoms with E-state index in [4.69, 9.17) is 11.6 Å². The van der Waals surface area contributed by atoms with Gasteiger partial charge in [0.05, 0.1) is 16.0 Å². The first kappa shape index (κ1) is 19.0. The summed E-state index contributed by atoms with van der Waals surface area (Å²) in [6.07, 6.45) is 0. The fourth-order valence-corrected chi connectivity index (χ4v) is 4.02. The Kier molecular flexibility index (Phi) is 4.77. The first-order valence-electron chi connectivity index (χ1n) is 8.25. The fraction of sp³-hybridized carbons (Fsp3) is 0.0526. The number of nitrogens with zero attached hydrogens (tertiary/aromatic N) is 2. The van der Waals surface area contributed by atoms with Crippen molar-refractivity contribution in [2.24, 2.45) is 4.99 Å². The number of benzene rings is 2. The number of nitrogens with one attached hydrogen (secondary N) is 1. The smallest absolute Gasteiger partial charge is 0.311 e. The maximum absolute atomic E-state index is 13.2. The molecule has 0 unspecified atom stereocenters. The highest BCUT2D eigenvalue weighted by molar-refractivity contribution is 7.11. The number of rotatable bonds is 4. The minimum atomic E-state index is -0.637. The quantitative estimate of drug-likeness (QED) is 0.652. The molecule has 10 heteroatoms. The van der Waals surface area contributed by atoms with Gasteiger partial charge in [-0.2, -0.15) is 0 Å². The zero-order valence-electron chi connectivity index (χ0n) is 14.5. The largest absolute Gasteiger partial charge is 0.493 e. The zero-order valence-corrected chi connectivity index (χ0v) is 16.1. The molecule has 1 aromatic heterocycles. The van der Waals surface area contributed by atoms with Crippen LogP contribution in [0.1, 0.15) is 4.88 Å². The normalized spacial score (nSPS) is 12.6. The minimum Gasteiger partial charge on any atom is -0.493 e. The molecule has 0 saturated carbocycles. The van der Waals surface area contributed by atoms with Crippen molar-refractivity contribution in [2.45, 2.75) is 6.54 Å². The molecular weight excluding hydrogens is 421 g/mol. The zero-order chi connectivity index (χ0) is 20.7.